The summed E-state index contributed by atoms with van der Waals surface area (Å²) in [6.07, 6.45) is 5.39. The molecule has 1 amide bonds. The number of amidine groups is 1. The predicted octanol–water partition coefficient (Wildman–Crippen LogP) is 6.76. The van der Waals surface area contributed by atoms with Crippen molar-refractivity contribution in [2.75, 3.05) is 11.3 Å². The molecule has 2 heterocycles. The first-order valence-corrected chi connectivity index (χ1v) is 18.9. The summed E-state index contributed by atoms with van der Waals surface area (Å²) < 4.78 is 32.6. The van der Waals surface area contributed by atoms with E-state index in [4.69, 9.17) is 16.1 Å². The summed E-state index contributed by atoms with van der Waals surface area (Å²) in [6.45, 7) is 0.708. The Labute approximate surface area is 298 Å². The van der Waals surface area contributed by atoms with Gasteiger partial charge in [0.25, 0.3) is 10.0 Å². The Kier molecular flexibility index (Phi) is 9.60. The monoisotopic (exact) mass is 698 g/mol. The summed E-state index contributed by atoms with van der Waals surface area (Å²) >= 11 is 0. The molecule has 0 spiro atoms. The fraction of sp³-hybridized carbons (Fsp3) is 0.244. The topological polar surface area (TPSA) is 134 Å². The van der Waals surface area contributed by atoms with Gasteiger partial charge in [-0.05, 0) is 89.9 Å². The Bertz CT molecular complexity index is 2340. The molecule has 0 aliphatic carbocycles. The maximum Gasteiger partial charge on any atom is 0.261 e. The maximum absolute atomic E-state index is 13.9. The van der Waals surface area contributed by atoms with Gasteiger partial charge in [0.15, 0.2) is 0 Å². The Morgan fingerprint density at radius 1 is 0.902 bits per heavy atom. The van der Waals surface area contributed by atoms with Gasteiger partial charge in [-0.1, -0.05) is 78.9 Å². The van der Waals surface area contributed by atoms with Gasteiger partial charge in [0, 0.05) is 31.6 Å². The Morgan fingerprint density at radius 2 is 1.67 bits per heavy atom. The third-order valence-electron chi connectivity index (χ3n) is 9.96. The number of anilines is 1. The van der Waals surface area contributed by atoms with E-state index in [1.165, 1.54) is 5.56 Å². The van der Waals surface area contributed by atoms with Crippen molar-refractivity contribution in [3.63, 3.8) is 0 Å². The van der Waals surface area contributed by atoms with Crippen LogP contribution < -0.4 is 10.5 Å². The zero-order chi connectivity index (χ0) is 35.5. The molecule has 7 rings (SSSR count). The predicted molar refractivity (Wildman–Crippen MR) is 204 cm³/mol. The molecule has 1 unspecified atom stereocenters. The number of aryl methyl sites for hydroxylation is 3. The number of carbonyl (C=O) groups is 1. The first-order chi connectivity index (χ1) is 24.6. The van der Waals surface area contributed by atoms with E-state index in [2.05, 4.69) is 16.9 Å². The van der Waals surface area contributed by atoms with E-state index >= 15 is 0 Å². The van der Waals surface area contributed by atoms with Crippen LogP contribution in [0, 0.1) is 5.41 Å². The van der Waals surface area contributed by atoms with Crippen LogP contribution in [0.5, 0.6) is 0 Å². The fourth-order valence-electron chi connectivity index (χ4n) is 7.21. The van der Waals surface area contributed by atoms with Gasteiger partial charge in [0.05, 0.1) is 28.0 Å². The third kappa shape index (κ3) is 7.51. The average Bonchev–Trinajstić information content (AvgIpc) is 3.45. The molecule has 4 N–H and O–H groups in total. The minimum Gasteiger partial charge on any atom is -0.384 e. The first kappa shape index (κ1) is 34.0. The van der Waals surface area contributed by atoms with Crippen molar-refractivity contribution in [2.45, 2.75) is 55.9 Å². The summed E-state index contributed by atoms with van der Waals surface area (Å²) in [5, 5.41) is 9.24. The number of rotatable bonds is 11. The molecule has 0 bridgehead atoms. The van der Waals surface area contributed by atoms with E-state index in [0.717, 1.165) is 59.8 Å². The molecule has 0 radical (unpaired) electrons. The summed E-state index contributed by atoms with van der Waals surface area (Å²) in [5.74, 6) is 0.942. The van der Waals surface area contributed by atoms with Gasteiger partial charge in [-0.25, -0.2) is 13.4 Å². The van der Waals surface area contributed by atoms with Crippen LogP contribution in [0.4, 0.5) is 5.69 Å². The lowest BCUT2D eigenvalue weighted by Crippen LogP contribution is -2.45. The Morgan fingerprint density at radius 3 is 2.45 bits per heavy atom. The molecule has 9 nitrogen and oxygen atoms in total. The van der Waals surface area contributed by atoms with Crippen molar-refractivity contribution in [2.24, 2.45) is 12.8 Å². The molecular weight excluding hydrogens is 657 g/mol. The number of nitrogen functional groups attached to an aromatic ring is 1. The highest BCUT2D eigenvalue weighted by molar-refractivity contribution is 7.92. The van der Waals surface area contributed by atoms with Crippen molar-refractivity contribution >= 4 is 49.3 Å². The number of hydrogen-bond acceptors (Lipinski definition) is 5. The van der Waals surface area contributed by atoms with Crippen LogP contribution in [0.15, 0.2) is 114 Å². The van der Waals surface area contributed by atoms with E-state index in [-0.39, 0.29) is 29.1 Å². The Balaban J connectivity index is 1.10. The van der Waals surface area contributed by atoms with E-state index in [1.807, 2.05) is 89.3 Å². The van der Waals surface area contributed by atoms with E-state index < -0.39 is 10.0 Å². The molecule has 10 heteroatoms. The number of nitrogens with two attached hydrogens (primary N) is 1. The summed E-state index contributed by atoms with van der Waals surface area (Å²) in [7, 11) is -2.04. The number of benzene rings is 5. The highest BCUT2D eigenvalue weighted by Crippen LogP contribution is 2.29. The molecule has 260 valence electrons. The molecule has 1 aliphatic rings. The molecule has 6 aromatic rings. The normalized spacial score (nSPS) is 14.9. The van der Waals surface area contributed by atoms with Crippen LogP contribution in [0.1, 0.15) is 47.3 Å². The second-order valence-electron chi connectivity index (χ2n) is 13.4. The van der Waals surface area contributed by atoms with Crippen LogP contribution in [-0.2, 0) is 47.5 Å². The van der Waals surface area contributed by atoms with Gasteiger partial charge >= 0.3 is 0 Å². The van der Waals surface area contributed by atoms with Crippen molar-refractivity contribution in [3.8, 4) is 0 Å². The lowest BCUT2D eigenvalue weighted by Gasteiger charge is -2.36. The van der Waals surface area contributed by atoms with Crippen LogP contribution >= 0.6 is 0 Å². The smallest absolute Gasteiger partial charge is 0.261 e. The fourth-order valence-corrected chi connectivity index (χ4v) is 8.35. The number of sulfonamides is 1. The molecular formula is C41H42N6O3S. The van der Waals surface area contributed by atoms with Crippen molar-refractivity contribution < 1.29 is 13.2 Å². The summed E-state index contributed by atoms with van der Waals surface area (Å²) in [6, 6.07) is 34.4. The largest absolute Gasteiger partial charge is 0.384 e. The van der Waals surface area contributed by atoms with Gasteiger partial charge in [-0.15, -0.1) is 0 Å². The second kappa shape index (κ2) is 14.4. The van der Waals surface area contributed by atoms with Crippen molar-refractivity contribution in [1.82, 2.24) is 14.5 Å². The third-order valence-corrected chi connectivity index (χ3v) is 11.3. The number of piperidine rings is 1. The molecule has 1 saturated heterocycles. The molecule has 51 heavy (non-hydrogen) atoms. The number of aromatic nitrogens is 2. The average molecular weight is 699 g/mol. The number of nitrogens with one attached hydrogen (secondary N) is 2. The lowest BCUT2D eigenvalue weighted by atomic mass is 9.94. The number of amides is 1. The molecule has 1 aromatic heterocycles. The number of likely N-dealkylation sites (tertiary alicyclic amines) is 1. The van der Waals surface area contributed by atoms with Crippen molar-refractivity contribution in [1.29, 1.82) is 5.41 Å². The number of fused-ring (bicyclic) bond motifs is 2. The zero-order valence-corrected chi connectivity index (χ0v) is 29.5. The quantitative estimate of drug-likeness (QED) is 0.102. The molecule has 1 fully saturated rings. The minimum absolute atomic E-state index is 0.0211. The van der Waals surface area contributed by atoms with E-state index in [9.17, 15) is 13.2 Å². The zero-order valence-electron chi connectivity index (χ0n) is 28.7. The van der Waals surface area contributed by atoms with Crippen LogP contribution in [0.25, 0.3) is 21.8 Å². The van der Waals surface area contributed by atoms with E-state index in [1.54, 1.807) is 24.3 Å². The molecule has 5 aromatic carbocycles. The van der Waals surface area contributed by atoms with Crippen LogP contribution in [0.2, 0.25) is 0 Å². The number of hydrogen-bond donors (Lipinski definition) is 3. The Hall–Kier alpha value is -5.48. The van der Waals surface area contributed by atoms with Gasteiger partial charge in [0.2, 0.25) is 5.91 Å². The van der Waals surface area contributed by atoms with E-state index in [0.29, 0.717) is 35.3 Å². The molecule has 1 aliphatic heterocycles. The van der Waals surface area contributed by atoms with Crippen molar-refractivity contribution in [3.05, 3.63) is 137 Å². The SMILES string of the molecule is Cn1c(CCc2ccc(C(=N)N)cc2)nc2cc(NS(=O)(=O)c3cc(CC(=O)N4CCCCC4Cc4ccccc4)c4ccccc4c3)ccc21. The highest BCUT2D eigenvalue weighted by Gasteiger charge is 2.28. The molecule has 1 atom stereocenters. The van der Waals surface area contributed by atoms with Gasteiger partial charge in [0.1, 0.15) is 11.7 Å². The minimum atomic E-state index is -4.00. The maximum atomic E-state index is 13.9. The highest BCUT2D eigenvalue weighted by atomic mass is 32.2. The van der Waals surface area contributed by atoms with Crippen LogP contribution in [0.3, 0.4) is 0 Å². The first-order valence-electron chi connectivity index (χ1n) is 17.4. The second-order valence-corrected chi connectivity index (χ2v) is 15.1. The number of imidazole rings is 1. The summed E-state index contributed by atoms with van der Waals surface area (Å²) in [5.41, 5.74) is 11.3. The van der Waals surface area contributed by atoms with Gasteiger partial charge in [-0.3, -0.25) is 14.9 Å². The number of carbonyl (C=O) groups excluding carboxylic acids is 1. The number of nitrogens with zero attached hydrogens (tertiary/aromatic N) is 3. The van der Waals surface area contributed by atoms with Gasteiger partial charge in [-0.2, -0.15) is 0 Å². The lowest BCUT2D eigenvalue weighted by molar-refractivity contribution is -0.134. The standard InChI is InChI=1S/C41H42N6O3S/c1-46-38-20-19-33(27-37(38)44-39(46)21-16-28-14-17-30(18-15-28)41(42)43)45-51(49,50)35-24-31-11-5-6-13-36(31)32(25-35)26-40(48)47-22-8-7-12-34(47)23-29-9-3-2-4-10-29/h2-6,9-11,13-15,17-20,24-25,27,34,45H,7-8,12,16,21-23,26H2,1H3,(H3,42,43). The molecule has 0 saturated carbocycles. The van der Waals surface area contributed by atoms with Gasteiger partial charge < -0.3 is 15.2 Å². The summed E-state index contributed by atoms with van der Waals surface area (Å²) in [4.78, 5) is 20.9. The van der Waals surface area contributed by atoms with Crippen LogP contribution in [-0.4, -0.2) is 47.2 Å².